The van der Waals surface area contributed by atoms with Crippen molar-refractivity contribution in [1.29, 1.82) is 0 Å². The van der Waals surface area contributed by atoms with Crippen LogP contribution in [0, 0.1) is 5.92 Å². The van der Waals surface area contributed by atoms with Crippen LogP contribution < -0.4 is 14.5 Å². The molecule has 2 saturated heterocycles. The maximum Gasteiger partial charge on any atom is 0.338 e. The van der Waals surface area contributed by atoms with E-state index in [1.165, 1.54) is 33.4 Å². The molecule has 43 heavy (non-hydrogen) atoms. The fraction of sp³-hybridized carbons (Fsp3) is 0.387. The van der Waals surface area contributed by atoms with Gasteiger partial charge in [-0.05, 0) is 68.1 Å². The van der Waals surface area contributed by atoms with Gasteiger partial charge in [0.1, 0.15) is 17.5 Å². The summed E-state index contributed by atoms with van der Waals surface area (Å²) in [4.78, 5) is 70.1. The summed E-state index contributed by atoms with van der Waals surface area (Å²) >= 11 is 2.21. The van der Waals surface area contributed by atoms with E-state index in [0.717, 1.165) is 36.2 Å². The zero-order valence-electron chi connectivity index (χ0n) is 23.8. The van der Waals surface area contributed by atoms with Crippen LogP contribution in [0.5, 0.6) is 5.75 Å². The molecule has 0 aliphatic carbocycles. The highest BCUT2D eigenvalue weighted by molar-refractivity contribution is 8.00. The molecule has 3 aromatic rings. The van der Waals surface area contributed by atoms with Crippen molar-refractivity contribution in [1.82, 2.24) is 9.47 Å². The number of likely N-dealkylation sites (tertiary alicyclic amines) is 1. The molecule has 3 aliphatic rings. The van der Waals surface area contributed by atoms with Crippen molar-refractivity contribution in [3.05, 3.63) is 74.2 Å². The number of thioether (sulfide) groups is 1. The number of carbonyl (C=O) groups is 4. The third-order valence-corrected chi connectivity index (χ3v) is 10.8. The fourth-order valence-corrected chi connectivity index (χ4v) is 8.79. The number of esters is 1. The lowest BCUT2D eigenvalue weighted by Crippen LogP contribution is -2.39. The Morgan fingerprint density at radius 1 is 0.930 bits per heavy atom. The number of ether oxygens (including phenoxy) is 2. The number of amides is 3. The van der Waals surface area contributed by atoms with Crippen LogP contribution in [0.3, 0.4) is 0 Å². The lowest BCUT2D eigenvalue weighted by Gasteiger charge is -2.31. The second-order valence-electron chi connectivity index (χ2n) is 10.7. The summed E-state index contributed by atoms with van der Waals surface area (Å²) in [5.41, 5.74) is 1.44. The van der Waals surface area contributed by atoms with Gasteiger partial charge in [-0.1, -0.05) is 35.2 Å². The number of methoxy groups -OCH3 is 1. The molecule has 0 saturated carbocycles. The first-order chi connectivity index (χ1) is 20.8. The average molecular weight is 622 g/mol. The predicted octanol–water partition coefficient (Wildman–Crippen LogP) is 3.90. The Kier molecular flexibility index (Phi) is 8.15. The number of imide groups is 1. The number of piperidine rings is 1. The minimum Gasteiger partial charge on any atom is -0.497 e. The Morgan fingerprint density at radius 3 is 2.28 bits per heavy atom. The number of nitrogens with zero attached hydrogens (tertiary/aromatic N) is 3. The van der Waals surface area contributed by atoms with E-state index < -0.39 is 29.0 Å². The van der Waals surface area contributed by atoms with Gasteiger partial charge in [0.15, 0.2) is 0 Å². The second kappa shape index (κ2) is 12.0. The van der Waals surface area contributed by atoms with Crippen LogP contribution in [0.1, 0.15) is 52.9 Å². The highest BCUT2D eigenvalue weighted by Gasteiger charge is 2.56. The molecular weight excluding hydrogens is 590 g/mol. The minimum atomic E-state index is -0.804. The van der Waals surface area contributed by atoms with Crippen LogP contribution in [0.2, 0.25) is 0 Å². The normalized spacial score (nSPS) is 21.4. The first-order valence-electron chi connectivity index (χ1n) is 14.3. The van der Waals surface area contributed by atoms with Gasteiger partial charge in [0.05, 0.1) is 35.9 Å². The van der Waals surface area contributed by atoms with E-state index in [2.05, 4.69) is 0 Å². The minimum absolute atomic E-state index is 0.106. The summed E-state index contributed by atoms with van der Waals surface area (Å²) in [5, 5.41) is -0.245. The summed E-state index contributed by atoms with van der Waals surface area (Å²) in [6.07, 6.45) is 2.96. The summed E-state index contributed by atoms with van der Waals surface area (Å²) in [7, 11) is 1.57. The highest BCUT2D eigenvalue weighted by atomic mass is 32.2. The zero-order valence-corrected chi connectivity index (χ0v) is 25.4. The van der Waals surface area contributed by atoms with Crippen LogP contribution in [-0.4, -0.2) is 65.2 Å². The number of aromatic nitrogens is 1. The molecule has 0 spiro atoms. The Balaban J connectivity index is 1.39. The number of hydrogen-bond acceptors (Lipinski definition) is 9. The topological polar surface area (TPSA) is 115 Å². The van der Waals surface area contributed by atoms with Crippen LogP contribution in [0.15, 0.2) is 58.4 Å². The van der Waals surface area contributed by atoms with Gasteiger partial charge >= 0.3 is 10.8 Å². The Hall–Kier alpha value is -3.90. The first kappa shape index (κ1) is 29.2. The molecule has 0 radical (unpaired) electrons. The van der Waals surface area contributed by atoms with E-state index in [1.807, 2.05) is 12.1 Å². The largest absolute Gasteiger partial charge is 0.497 e. The van der Waals surface area contributed by atoms with Crippen LogP contribution >= 0.6 is 23.1 Å². The van der Waals surface area contributed by atoms with Crippen molar-refractivity contribution < 1.29 is 28.7 Å². The number of fused-ring (bicyclic) bond motifs is 2. The van der Waals surface area contributed by atoms with Crippen molar-refractivity contribution >= 4 is 52.5 Å². The molecule has 0 N–H and O–H groups in total. The molecule has 10 nitrogen and oxygen atoms in total. The van der Waals surface area contributed by atoms with E-state index >= 15 is 0 Å². The molecule has 2 fully saturated rings. The van der Waals surface area contributed by atoms with Gasteiger partial charge in [-0.3, -0.25) is 23.7 Å². The van der Waals surface area contributed by atoms with E-state index in [4.69, 9.17) is 9.47 Å². The molecule has 0 bridgehead atoms. The van der Waals surface area contributed by atoms with Crippen LogP contribution in [-0.2, 0) is 25.7 Å². The van der Waals surface area contributed by atoms with Gasteiger partial charge in [0, 0.05) is 23.9 Å². The van der Waals surface area contributed by atoms with Gasteiger partial charge in [0.25, 0.3) is 0 Å². The van der Waals surface area contributed by atoms with Gasteiger partial charge < -0.3 is 14.4 Å². The predicted molar refractivity (Wildman–Crippen MR) is 162 cm³/mol. The van der Waals surface area contributed by atoms with Crippen molar-refractivity contribution in [3.63, 3.8) is 0 Å². The average Bonchev–Trinajstić information content (AvgIpc) is 3.47. The number of hydrogen-bond donors (Lipinski definition) is 0. The summed E-state index contributed by atoms with van der Waals surface area (Å²) < 4.78 is 11.9. The second-order valence-corrected chi connectivity index (χ2v) is 12.8. The highest BCUT2D eigenvalue weighted by Crippen LogP contribution is 2.54. The molecule has 2 unspecified atom stereocenters. The third-order valence-electron chi connectivity index (χ3n) is 8.16. The Morgan fingerprint density at radius 2 is 1.63 bits per heavy atom. The van der Waals surface area contributed by atoms with Gasteiger partial charge in [-0.25, -0.2) is 9.69 Å². The molecule has 12 heteroatoms. The lowest BCUT2D eigenvalue weighted by atomic mass is 9.83. The van der Waals surface area contributed by atoms with Gasteiger partial charge in [-0.2, -0.15) is 0 Å². The molecule has 224 valence electrons. The van der Waals surface area contributed by atoms with E-state index in [1.54, 1.807) is 43.2 Å². The number of rotatable bonds is 7. The van der Waals surface area contributed by atoms with E-state index in [0.29, 0.717) is 40.0 Å². The lowest BCUT2D eigenvalue weighted by molar-refractivity contribution is -0.133. The van der Waals surface area contributed by atoms with E-state index in [-0.39, 0.29) is 29.8 Å². The molecule has 1 aromatic heterocycles. The summed E-state index contributed by atoms with van der Waals surface area (Å²) in [5.74, 6) is -2.10. The SMILES string of the molecule is CCOC(=O)c1ccc(N2C(=O)C3Sc4c(sc(=O)n4CC(=O)N4CCCCC4)[C@H](c4ccc(OC)cc4)C3C2=O)cc1. The molecule has 4 heterocycles. The molecule has 3 atom stereocenters. The van der Waals surface area contributed by atoms with Crippen LogP contribution in [0.25, 0.3) is 0 Å². The van der Waals surface area contributed by atoms with Crippen molar-refractivity contribution in [3.8, 4) is 5.75 Å². The fourth-order valence-electron chi connectivity index (χ4n) is 6.02. The van der Waals surface area contributed by atoms with E-state index in [9.17, 15) is 24.0 Å². The molecule has 3 aliphatic heterocycles. The number of thiazole rings is 1. The summed E-state index contributed by atoms with van der Waals surface area (Å²) in [6, 6.07) is 13.5. The molecule has 6 rings (SSSR count). The maximum absolute atomic E-state index is 14.1. The molecule has 3 amide bonds. The van der Waals surface area contributed by atoms with Crippen molar-refractivity contribution in [2.24, 2.45) is 5.92 Å². The smallest absolute Gasteiger partial charge is 0.338 e. The molecule has 2 aromatic carbocycles. The quantitative estimate of drug-likeness (QED) is 0.288. The first-order valence-corrected chi connectivity index (χ1v) is 16.0. The Bertz CT molecular complexity index is 1620. The number of carbonyl (C=O) groups excluding carboxylic acids is 4. The van der Waals surface area contributed by atoms with Gasteiger partial charge in [0.2, 0.25) is 17.7 Å². The number of anilines is 1. The van der Waals surface area contributed by atoms with Gasteiger partial charge in [-0.15, -0.1) is 0 Å². The standard InChI is InChI=1S/C31H31N3O7S2/c1-3-41-30(38)19-7-11-20(12-8-19)34-27(36)24-23(18-9-13-21(40-2)14-10-18)26-29(42-25(24)28(34)37)33(31(39)43-26)17-22(35)32-15-5-4-6-16-32/h7-14,23-25H,3-6,15-17H2,1-2H3/t23-,24?,25?/m1/s1. The summed E-state index contributed by atoms with van der Waals surface area (Å²) in [6.45, 7) is 3.18. The van der Waals surface area contributed by atoms with Crippen LogP contribution in [0.4, 0.5) is 5.69 Å². The maximum atomic E-state index is 14.1. The monoisotopic (exact) mass is 621 g/mol. The molecular formula is C31H31N3O7S2. The Labute approximate surface area is 256 Å². The van der Waals surface area contributed by atoms with Crippen molar-refractivity contribution in [2.45, 2.75) is 48.9 Å². The third kappa shape index (κ3) is 5.27. The zero-order chi connectivity index (χ0) is 30.2. The number of benzene rings is 2. The van der Waals surface area contributed by atoms with Crippen molar-refractivity contribution in [2.75, 3.05) is 31.7 Å².